The summed E-state index contributed by atoms with van der Waals surface area (Å²) in [6, 6.07) is 13.5. The van der Waals surface area contributed by atoms with Crippen molar-refractivity contribution in [3.05, 3.63) is 70.5 Å². The Bertz CT molecular complexity index is 1670. The number of pyridine rings is 1. The van der Waals surface area contributed by atoms with E-state index in [0.717, 1.165) is 47.3 Å². The van der Waals surface area contributed by atoms with Crippen LogP contribution in [-0.4, -0.2) is 93.4 Å². The molecular weight excluding hydrogens is 554 g/mol. The Morgan fingerprint density at radius 2 is 1.88 bits per heavy atom. The molecule has 42 heavy (non-hydrogen) atoms. The lowest BCUT2D eigenvalue weighted by Crippen LogP contribution is -2.55. The molecule has 1 aliphatic heterocycles. The van der Waals surface area contributed by atoms with Crippen LogP contribution < -0.4 is 4.74 Å². The molecule has 1 saturated heterocycles. The van der Waals surface area contributed by atoms with Crippen LogP contribution in [0.1, 0.15) is 52.2 Å². The number of aromatic nitrogens is 4. The smallest absolute Gasteiger partial charge is 0.276 e. The molecule has 0 radical (unpaired) electrons. The second-order valence-corrected chi connectivity index (χ2v) is 11.8. The van der Waals surface area contributed by atoms with Gasteiger partial charge in [0.2, 0.25) is 0 Å². The van der Waals surface area contributed by atoms with E-state index in [1.165, 1.54) is 0 Å². The Morgan fingerprint density at radius 3 is 2.60 bits per heavy atom. The maximum atomic E-state index is 13.6. The van der Waals surface area contributed by atoms with E-state index in [9.17, 15) is 9.59 Å². The van der Waals surface area contributed by atoms with Gasteiger partial charge in [-0.3, -0.25) is 9.59 Å². The van der Waals surface area contributed by atoms with E-state index in [2.05, 4.69) is 21.3 Å². The van der Waals surface area contributed by atoms with Crippen molar-refractivity contribution < 1.29 is 14.3 Å². The van der Waals surface area contributed by atoms with E-state index in [1.807, 2.05) is 45.3 Å². The lowest BCUT2D eigenvalue weighted by atomic mass is 10.0. The Kier molecular flexibility index (Phi) is 7.59. The quantitative estimate of drug-likeness (QED) is 0.313. The normalized spacial score (nSPS) is 17.2. The van der Waals surface area contributed by atoms with Gasteiger partial charge in [-0.2, -0.15) is 0 Å². The lowest BCUT2D eigenvalue weighted by molar-refractivity contribution is 0.0411. The summed E-state index contributed by atoms with van der Waals surface area (Å²) in [6.07, 6.45) is 3.89. The first-order valence-corrected chi connectivity index (χ1v) is 14.5. The van der Waals surface area contributed by atoms with Crippen LogP contribution in [0.15, 0.2) is 48.7 Å². The Balaban J connectivity index is 1.21. The summed E-state index contributed by atoms with van der Waals surface area (Å²) in [6.45, 7) is 3.95. The van der Waals surface area contributed by atoms with Crippen LogP contribution in [0, 0.1) is 0 Å². The number of piperazine rings is 1. The number of amides is 2. The molecule has 10 nitrogen and oxygen atoms in total. The molecule has 218 valence electrons. The molecule has 0 N–H and O–H groups in total. The summed E-state index contributed by atoms with van der Waals surface area (Å²) < 4.78 is 7.33. The molecule has 1 atom stereocenters. The molecule has 4 aromatic rings. The van der Waals surface area contributed by atoms with E-state index in [0.29, 0.717) is 47.5 Å². The van der Waals surface area contributed by atoms with Crippen LogP contribution in [0.3, 0.4) is 0 Å². The van der Waals surface area contributed by atoms with Gasteiger partial charge >= 0.3 is 0 Å². The fraction of sp³-hybridized carbons (Fsp3) is 0.387. The van der Waals surface area contributed by atoms with Gasteiger partial charge in [-0.25, -0.2) is 9.67 Å². The molecule has 0 unspecified atom stereocenters. The van der Waals surface area contributed by atoms with Gasteiger partial charge in [0.15, 0.2) is 5.69 Å². The van der Waals surface area contributed by atoms with Gasteiger partial charge in [0.25, 0.3) is 11.8 Å². The molecule has 0 bridgehead atoms. The number of fused-ring (bicyclic) bond motifs is 1. The third-order valence-corrected chi connectivity index (χ3v) is 8.21. The molecule has 2 aromatic heterocycles. The monoisotopic (exact) mass is 587 g/mol. The summed E-state index contributed by atoms with van der Waals surface area (Å²) in [7, 11) is 5.68. The second-order valence-electron chi connectivity index (χ2n) is 11.4. The van der Waals surface area contributed by atoms with Crippen molar-refractivity contribution in [1.29, 1.82) is 0 Å². The van der Waals surface area contributed by atoms with Crippen molar-refractivity contribution in [2.24, 2.45) is 0 Å². The summed E-state index contributed by atoms with van der Waals surface area (Å²) in [5.74, 6) is 0.565. The number of carbonyl (C=O) groups is 2. The largest absolute Gasteiger partial charge is 0.496 e. The average molecular weight is 588 g/mol. The van der Waals surface area contributed by atoms with E-state index in [-0.39, 0.29) is 17.9 Å². The van der Waals surface area contributed by atoms with Gasteiger partial charge in [0.1, 0.15) is 5.75 Å². The van der Waals surface area contributed by atoms with Gasteiger partial charge in [-0.05, 0) is 70.3 Å². The van der Waals surface area contributed by atoms with Crippen LogP contribution in [0.25, 0.3) is 22.2 Å². The highest BCUT2D eigenvalue weighted by atomic mass is 35.5. The number of rotatable bonds is 7. The second kappa shape index (κ2) is 11.3. The minimum absolute atomic E-state index is 0.100. The highest BCUT2D eigenvalue weighted by Gasteiger charge is 2.33. The van der Waals surface area contributed by atoms with E-state index >= 15 is 0 Å². The molecule has 0 spiro atoms. The topological polar surface area (TPSA) is 96.7 Å². The van der Waals surface area contributed by atoms with Crippen molar-refractivity contribution in [2.75, 3.05) is 40.8 Å². The molecular formula is C31H34ClN7O3. The predicted octanol–water partition coefficient (Wildman–Crippen LogP) is 4.54. The first kappa shape index (κ1) is 28.1. The molecule has 3 heterocycles. The zero-order valence-electron chi connectivity index (χ0n) is 24.2. The van der Waals surface area contributed by atoms with Crippen LogP contribution in [0.2, 0.25) is 5.02 Å². The minimum atomic E-state index is -0.160. The summed E-state index contributed by atoms with van der Waals surface area (Å²) in [5, 5.41) is 9.56. The van der Waals surface area contributed by atoms with Crippen molar-refractivity contribution in [3.63, 3.8) is 0 Å². The lowest BCUT2D eigenvalue weighted by Gasteiger charge is -2.39. The SMILES string of the molecule is COc1ccc(-c2cc(Cl)c3ccc(C(=O)N4CCN(C(=O)c5cn(C6CC6)nn5)[C@H](C)C4)cc3n2)cc1CN(C)C. The maximum Gasteiger partial charge on any atom is 0.276 e. The van der Waals surface area contributed by atoms with Gasteiger partial charge in [0.05, 0.1) is 35.6 Å². The third kappa shape index (κ3) is 5.56. The van der Waals surface area contributed by atoms with Crippen molar-refractivity contribution in [2.45, 2.75) is 38.4 Å². The third-order valence-electron chi connectivity index (χ3n) is 7.90. The standard InChI is InChI=1S/C31H34ClN7O3/c1-19-16-37(11-12-38(19)31(41)28-18-39(35-34-28)23-7-8-23)30(40)21-5-9-24-25(32)15-26(33-27(24)14-21)20-6-10-29(42-4)22(13-20)17-36(2)3/h5-6,9-10,13-15,18-19,23H,7-8,11-12,16-17H2,1-4H3/t19-/m1/s1. The van der Waals surface area contributed by atoms with Crippen LogP contribution in [0.5, 0.6) is 5.75 Å². The van der Waals surface area contributed by atoms with Gasteiger partial charge in [-0.1, -0.05) is 22.9 Å². The highest BCUT2D eigenvalue weighted by Crippen LogP contribution is 2.34. The molecule has 1 saturated carbocycles. The molecule has 6 rings (SSSR count). The zero-order valence-corrected chi connectivity index (χ0v) is 25.0. The average Bonchev–Trinajstić information content (AvgIpc) is 3.71. The number of benzene rings is 2. The number of carbonyl (C=O) groups excluding carboxylic acids is 2. The minimum Gasteiger partial charge on any atom is -0.496 e. The fourth-order valence-corrected chi connectivity index (χ4v) is 5.80. The van der Waals surface area contributed by atoms with Gasteiger partial charge in [-0.15, -0.1) is 5.10 Å². The number of halogens is 1. The number of ether oxygens (including phenoxy) is 1. The number of hydrogen-bond acceptors (Lipinski definition) is 7. The predicted molar refractivity (Wildman–Crippen MR) is 161 cm³/mol. The van der Waals surface area contributed by atoms with Gasteiger partial charge in [0, 0.05) is 54.3 Å². The van der Waals surface area contributed by atoms with Crippen LogP contribution in [-0.2, 0) is 6.54 Å². The zero-order chi connectivity index (χ0) is 29.5. The van der Waals surface area contributed by atoms with Crippen molar-refractivity contribution in [3.8, 4) is 17.0 Å². The van der Waals surface area contributed by atoms with E-state index < -0.39 is 0 Å². The summed E-state index contributed by atoms with van der Waals surface area (Å²) in [4.78, 5) is 37.3. The Morgan fingerprint density at radius 1 is 1.07 bits per heavy atom. The Labute approximate surface area is 249 Å². The summed E-state index contributed by atoms with van der Waals surface area (Å²) >= 11 is 6.70. The summed E-state index contributed by atoms with van der Waals surface area (Å²) in [5.41, 5.74) is 4.22. The molecule has 2 fully saturated rings. The van der Waals surface area contributed by atoms with E-state index in [1.54, 1.807) is 39.9 Å². The van der Waals surface area contributed by atoms with Gasteiger partial charge < -0.3 is 19.4 Å². The number of hydrogen-bond donors (Lipinski definition) is 0. The highest BCUT2D eigenvalue weighted by molar-refractivity contribution is 6.35. The first-order chi connectivity index (χ1) is 20.2. The molecule has 11 heteroatoms. The van der Waals surface area contributed by atoms with Crippen LogP contribution >= 0.6 is 11.6 Å². The molecule has 1 aliphatic carbocycles. The Hall–Kier alpha value is -4.02. The number of nitrogens with zero attached hydrogens (tertiary/aromatic N) is 7. The van der Waals surface area contributed by atoms with E-state index in [4.69, 9.17) is 21.3 Å². The number of methoxy groups -OCH3 is 1. The molecule has 2 aromatic carbocycles. The van der Waals surface area contributed by atoms with Crippen LogP contribution in [0.4, 0.5) is 0 Å². The van der Waals surface area contributed by atoms with Crippen molar-refractivity contribution >= 4 is 34.3 Å². The molecule has 2 aliphatic rings. The van der Waals surface area contributed by atoms with Crippen molar-refractivity contribution in [1.82, 2.24) is 34.7 Å². The fourth-order valence-electron chi connectivity index (χ4n) is 5.53. The first-order valence-electron chi connectivity index (χ1n) is 14.2. The molecule has 2 amide bonds. The maximum absolute atomic E-state index is 13.6.